The van der Waals surface area contributed by atoms with Gasteiger partial charge in [0.15, 0.2) is 11.5 Å². The number of nitrogens with zero attached hydrogens (tertiary/aromatic N) is 1. The average Bonchev–Trinajstić information content (AvgIpc) is 3.28. The fourth-order valence-corrected chi connectivity index (χ4v) is 7.95. The van der Waals surface area contributed by atoms with Crippen molar-refractivity contribution >= 4 is 11.9 Å². The Morgan fingerprint density at radius 2 is 0.738 bits per heavy atom. The first kappa shape index (κ1) is 56.0. The van der Waals surface area contributed by atoms with Crippen molar-refractivity contribution in [3.05, 3.63) is 43.0 Å². The van der Waals surface area contributed by atoms with E-state index in [0.29, 0.717) is 33.0 Å². The van der Waals surface area contributed by atoms with Crippen LogP contribution >= 0.6 is 0 Å². The normalized spacial score (nSPS) is 11.3. The summed E-state index contributed by atoms with van der Waals surface area (Å²) in [6.07, 6.45) is 36.1. The SMILES string of the molecule is C=CC(=O)OCCCCCCCCCCCOc1cc(C[N+](CC)(CC)CC)cc(OCCCCCCCCCCCOC(=O)C=C)c1OCCCCCCCCCCCC. The van der Waals surface area contributed by atoms with Gasteiger partial charge in [0.1, 0.15) is 6.54 Å². The van der Waals surface area contributed by atoms with Crippen molar-refractivity contribution in [2.45, 2.75) is 214 Å². The highest BCUT2D eigenvalue weighted by Gasteiger charge is 2.24. The predicted octanol–water partition coefficient (Wildman–Crippen LogP) is 14.6. The third-order valence-corrected chi connectivity index (χ3v) is 12.3. The maximum atomic E-state index is 11.2. The molecule has 0 heterocycles. The number of hydrogen-bond acceptors (Lipinski definition) is 7. The molecule has 352 valence electrons. The van der Waals surface area contributed by atoms with E-state index in [0.717, 1.165) is 106 Å². The van der Waals surface area contributed by atoms with Gasteiger partial charge in [0.05, 0.1) is 52.7 Å². The lowest BCUT2D eigenvalue weighted by molar-refractivity contribution is -0.936. The highest BCUT2D eigenvalue weighted by molar-refractivity contribution is 5.81. The van der Waals surface area contributed by atoms with Crippen LogP contribution in [-0.2, 0) is 25.6 Å². The van der Waals surface area contributed by atoms with E-state index in [-0.39, 0.29) is 11.9 Å². The maximum absolute atomic E-state index is 11.2. The van der Waals surface area contributed by atoms with Crippen LogP contribution < -0.4 is 14.2 Å². The van der Waals surface area contributed by atoms with E-state index in [1.807, 2.05) is 0 Å². The Morgan fingerprint density at radius 3 is 1.05 bits per heavy atom. The molecule has 8 nitrogen and oxygen atoms in total. The number of quaternary nitrogens is 1. The van der Waals surface area contributed by atoms with Gasteiger partial charge in [0, 0.05) is 17.7 Å². The molecule has 0 fully saturated rings. The van der Waals surface area contributed by atoms with Gasteiger partial charge in [-0.05, 0) is 65.0 Å². The molecule has 0 N–H and O–H groups in total. The highest BCUT2D eigenvalue weighted by Crippen LogP contribution is 2.40. The Bertz CT molecular complexity index is 1150. The second-order valence-corrected chi connectivity index (χ2v) is 17.2. The summed E-state index contributed by atoms with van der Waals surface area (Å²) in [5, 5.41) is 0. The first-order chi connectivity index (χ1) is 29.9. The van der Waals surface area contributed by atoms with Gasteiger partial charge in [-0.1, -0.05) is 168 Å². The number of carbonyl (C=O) groups excluding carboxylic acids is 2. The fourth-order valence-electron chi connectivity index (χ4n) is 7.95. The van der Waals surface area contributed by atoms with Crippen molar-refractivity contribution in [2.75, 3.05) is 52.7 Å². The van der Waals surface area contributed by atoms with Crippen LogP contribution in [0, 0.1) is 0 Å². The van der Waals surface area contributed by atoms with Crippen LogP contribution in [-0.4, -0.2) is 69.1 Å². The Labute approximate surface area is 375 Å². The molecule has 1 aromatic carbocycles. The van der Waals surface area contributed by atoms with E-state index < -0.39 is 0 Å². The van der Waals surface area contributed by atoms with Crippen molar-refractivity contribution in [3.8, 4) is 17.2 Å². The molecule has 0 aliphatic rings. The van der Waals surface area contributed by atoms with E-state index in [9.17, 15) is 9.59 Å². The van der Waals surface area contributed by atoms with Gasteiger partial charge in [-0.25, -0.2) is 9.59 Å². The van der Waals surface area contributed by atoms with Gasteiger partial charge in [-0.15, -0.1) is 0 Å². The number of carbonyl (C=O) groups is 2. The summed E-state index contributed by atoms with van der Waals surface area (Å²) in [4.78, 5) is 22.4. The summed E-state index contributed by atoms with van der Waals surface area (Å²) in [6, 6.07) is 4.50. The van der Waals surface area contributed by atoms with Crippen LogP contribution in [0.5, 0.6) is 17.2 Å². The Morgan fingerprint density at radius 1 is 0.443 bits per heavy atom. The zero-order valence-corrected chi connectivity index (χ0v) is 40.2. The van der Waals surface area contributed by atoms with Crippen LogP contribution in [0.3, 0.4) is 0 Å². The molecule has 0 radical (unpaired) electrons. The zero-order chi connectivity index (χ0) is 44.5. The topological polar surface area (TPSA) is 80.3 Å². The standard InChI is InChI=1S/C53H94NO7/c1-7-13-14-15-16-17-20-29-34-39-44-61-53-49(57-40-35-30-25-21-18-23-27-32-37-42-59-51(55)8-2)45-48(47-54(10-4,11-5)12-6)46-50(53)58-41-36-31-26-22-19-24-28-33-38-43-60-52(56)9-3/h8-9,45-46H,2-3,7,10-44,47H2,1,4-6H3/q+1. The molecule has 0 atom stereocenters. The van der Waals surface area contributed by atoms with Crippen LogP contribution in [0.1, 0.15) is 213 Å². The van der Waals surface area contributed by atoms with Gasteiger partial charge >= 0.3 is 11.9 Å². The summed E-state index contributed by atoms with van der Waals surface area (Å²) in [6.45, 7) is 23.3. The van der Waals surface area contributed by atoms with E-state index in [2.05, 4.69) is 53.0 Å². The molecule has 0 aliphatic heterocycles. The summed E-state index contributed by atoms with van der Waals surface area (Å²) < 4.78 is 31.1. The van der Waals surface area contributed by atoms with Gasteiger partial charge < -0.3 is 28.2 Å². The molecular weight excluding hydrogens is 763 g/mol. The highest BCUT2D eigenvalue weighted by atomic mass is 16.5. The lowest BCUT2D eigenvalue weighted by Crippen LogP contribution is -2.46. The second-order valence-electron chi connectivity index (χ2n) is 17.2. The molecule has 0 saturated heterocycles. The minimum atomic E-state index is -0.329. The molecule has 0 saturated carbocycles. The Kier molecular flexibility index (Phi) is 36.6. The van der Waals surface area contributed by atoms with E-state index >= 15 is 0 Å². The number of rotatable bonds is 45. The molecule has 0 bridgehead atoms. The number of benzene rings is 1. The molecule has 0 spiro atoms. The monoisotopic (exact) mass is 857 g/mol. The first-order valence-corrected chi connectivity index (χ1v) is 25.4. The molecule has 61 heavy (non-hydrogen) atoms. The Hall–Kier alpha value is -3.00. The molecule has 8 heteroatoms. The average molecular weight is 857 g/mol. The molecule has 1 aromatic rings. The minimum absolute atomic E-state index is 0.329. The van der Waals surface area contributed by atoms with Crippen molar-refractivity contribution in [1.82, 2.24) is 0 Å². The van der Waals surface area contributed by atoms with Crippen molar-refractivity contribution in [1.29, 1.82) is 0 Å². The third-order valence-electron chi connectivity index (χ3n) is 12.3. The van der Waals surface area contributed by atoms with Crippen LogP contribution in [0.2, 0.25) is 0 Å². The number of esters is 2. The fraction of sp³-hybridized carbons (Fsp3) is 0.774. The van der Waals surface area contributed by atoms with Crippen molar-refractivity contribution in [3.63, 3.8) is 0 Å². The first-order valence-electron chi connectivity index (χ1n) is 25.4. The van der Waals surface area contributed by atoms with Crippen LogP contribution in [0.25, 0.3) is 0 Å². The number of hydrogen-bond donors (Lipinski definition) is 0. The summed E-state index contributed by atoms with van der Waals surface area (Å²) in [5.74, 6) is 1.83. The van der Waals surface area contributed by atoms with Crippen molar-refractivity contribution in [2.24, 2.45) is 0 Å². The summed E-state index contributed by atoms with van der Waals surface area (Å²) in [7, 11) is 0. The van der Waals surface area contributed by atoms with Crippen LogP contribution in [0.15, 0.2) is 37.4 Å². The summed E-state index contributed by atoms with van der Waals surface area (Å²) in [5.41, 5.74) is 1.26. The van der Waals surface area contributed by atoms with Crippen LogP contribution in [0.4, 0.5) is 0 Å². The van der Waals surface area contributed by atoms with Gasteiger partial charge in [0.25, 0.3) is 0 Å². The third kappa shape index (κ3) is 29.9. The zero-order valence-electron chi connectivity index (χ0n) is 40.2. The van der Waals surface area contributed by atoms with Gasteiger partial charge in [0.2, 0.25) is 5.75 Å². The maximum Gasteiger partial charge on any atom is 0.330 e. The van der Waals surface area contributed by atoms with E-state index in [1.54, 1.807) is 0 Å². The lowest BCUT2D eigenvalue weighted by Gasteiger charge is -2.36. The summed E-state index contributed by atoms with van der Waals surface area (Å²) >= 11 is 0. The van der Waals surface area contributed by atoms with E-state index in [1.165, 1.54) is 140 Å². The molecule has 0 unspecified atom stereocenters. The molecule has 1 rings (SSSR count). The van der Waals surface area contributed by atoms with Crippen molar-refractivity contribution < 1.29 is 37.8 Å². The number of ether oxygens (including phenoxy) is 5. The quantitative estimate of drug-likeness (QED) is 0.0280. The molecular formula is C53H94NO7+. The van der Waals surface area contributed by atoms with E-state index in [4.69, 9.17) is 23.7 Å². The number of unbranched alkanes of at least 4 members (excludes halogenated alkanes) is 25. The second kappa shape index (κ2) is 39.8. The lowest BCUT2D eigenvalue weighted by atomic mass is 10.1. The molecule has 0 aromatic heterocycles. The van der Waals surface area contributed by atoms with Gasteiger partial charge in [-0.2, -0.15) is 0 Å². The Balaban J connectivity index is 2.80. The predicted molar refractivity (Wildman–Crippen MR) is 256 cm³/mol. The largest absolute Gasteiger partial charge is 0.490 e. The molecule has 0 aliphatic carbocycles. The molecule has 0 amide bonds. The smallest absolute Gasteiger partial charge is 0.330 e. The minimum Gasteiger partial charge on any atom is -0.490 e. The van der Waals surface area contributed by atoms with Gasteiger partial charge in [-0.3, -0.25) is 0 Å².